The van der Waals surface area contributed by atoms with Gasteiger partial charge < -0.3 is 14.3 Å². The maximum absolute atomic E-state index is 10.9. The summed E-state index contributed by atoms with van der Waals surface area (Å²) in [6, 6.07) is 8.93. The normalized spacial score (nSPS) is 8.35. The Morgan fingerprint density at radius 2 is 1.88 bits per heavy atom. The number of para-hydroxylation sites is 1. The average molecular weight is 236 g/mol. The van der Waals surface area contributed by atoms with Crippen molar-refractivity contribution < 1.29 is 19.1 Å². The van der Waals surface area contributed by atoms with Crippen molar-refractivity contribution in [2.24, 2.45) is 0 Å². The fourth-order valence-electron chi connectivity index (χ4n) is 0.786. The number of aldehydes is 1. The van der Waals surface area contributed by atoms with Gasteiger partial charge in [-0.25, -0.2) is 4.79 Å². The molecular formula is C13H16O4. The Labute approximate surface area is 101 Å². The van der Waals surface area contributed by atoms with Gasteiger partial charge in [0.1, 0.15) is 12.0 Å². The second kappa shape index (κ2) is 9.15. The van der Waals surface area contributed by atoms with Crippen molar-refractivity contribution in [1.82, 2.24) is 0 Å². The highest BCUT2D eigenvalue weighted by Gasteiger charge is 2.07. The van der Waals surface area contributed by atoms with Gasteiger partial charge in [-0.1, -0.05) is 25.1 Å². The summed E-state index contributed by atoms with van der Waals surface area (Å²) in [7, 11) is 1.28. The maximum Gasteiger partial charge on any atom is 0.373 e. The smallest absolute Gasteiger partial charge is 0.373 e. The average Bonchev–Trinajstić information content (AvgIpc) is 2.39. The standard InChI is InChI=1S/C10H10O3.C3H6O/c1-8(10(11)12-2)13-9-6-4-3-5-7-9;1-2-3-4/h3-7H,1H2,2H3;3H,2H2,1H3. The minimum atomic E-state index is -0.566. The maximum atomic E-state index is 10.9. The molecule has 1 rings (SSSR count). The summed E-state index contributed by atoms with van der Waals surface area (Å²) in [4.78, 5) is 20.0. The quantitative estimate of drug-likeness (QED) is 0.348. The molecule has 0 radical (unpaired) electrons. The molecule has 0 aliphatic carbocycles. The number of methoxy groups -OCH3 is 1. The predicted molar refractivity (Wildman–Crippen MR) is 64.6 cm³/mol. The topological polar surface area (TPSA) is 52.6 Å². The Kier molecular flexibility index (Phi) is 8.02. The predicted octanol–water partition coefficient (Wildman–Crippen LogP) is 2.35. The van der Waals surface area contributed by atoms with Crippen LogP contribution in [0.3, 0.4) is 0 Å². The van der Waals surface area contributed by atoms with Gasteiger partial charge in [0.15, 0.2) is 0 Å². The molecule has 0 amide bonds. The fourth-order valence-corrected chi connectivity index (χ4v) is 0.786. The molecule has 0 aliphatic heterocycles. The molecule has 0 aliphatic rings. The third kappa shape index (κ3) is 6.89. The molecule has 17 heavy (non-hydrogen) atoms. The third-order valence-electron chi connectivity index (χ3n) is 1.56. The summed E-state index contributed by atoms with van der Waals surface area (Å²) in [5, 5.41) is 0. The first-order valence-electron chi connectivity index (χ1n) is 5.09. The van der Waals surface area contributed by atoms with Crippen molar-refractivity contribution in [1.29, 1.82) is 0 Å². The molecule has 0 spiro atoms. The van der Waals surface area contributed by atoms with Gasteiger partial charge in [0.2, 0.25) is 5.76 Å². The molecule has 0 aromatic heterocycles. The zero-order valence-corrected chi connectivity index (χ0v) is 10.0. The first kappa shape index (κ1) is 14.9. The second-order valence-electron chi connectivity index (χ2n) is 2.90. The van der Waals surface area contributed by atoms with Gasteiger partial charge in [0.05, 0.1) is 7.11 Å². The highest BCUT2D eigenvalue weighted by Crippen LogP contribution is 2.11. The molecule has 0 saturated heterocycles. The van der Waals surface area contributed by atoms with Crippen molar-refractivity contribution in [3.63, 3.8) is 0 Å². The van der Waals surface area contributed by atoms with E-state index in [2.05, 4.69) is 11.3 Å². The fraction of sp³-hybridized carbons (Fsp3) is 0.231. The molecule has 0 atom stereocenters. The van der Waals surface area contributed by atoms with Crippen LogP contribution in [0.2, 0.25) is 0 Å². The first-order valence-corrected chi connectivity index (χ1v) is 5.09. The summed E-state index contributed by atoms with van der Waals surface area (Å²) < 4.78 is 9.52. The molecule has 0 N–H and O–H groups in total. The Hall–Kier alpha value is -2.10. The van der Waals surface area contributed by atoms with E-state index in [1.807, 2.05) is 13.0 Å². The van der Waals surface area contributed by atoms with Crippen LogP contribution in [-0.2, 0) is 14.3 Å². The largest absolute Gasteiger partial charge is 0.463 e. The number of carbonyl (C=O) groups is 2. The molecule has 0 unspecified atom stereocenters. The molecule has 4 nitrogen and oxygen atoms in total. The van der Waals surface area contributed by atoms with E-state index in [4.69, 9.17) is 4.74 Å². The summed E-state index contributed by atoms with van der Waals surface area (Å²) in [5.74, 6) is -0.0181. The third-order valence-corrected chi connectivity index (χ3v) is 1.56. The van der Waals surface area contributed by atoms with E-state index < -0.39 is 5.97 Å². The number of hydrogen-bond acceptors (Lipinski definition) is 4. The molecule has 1 aromatic rings. The van der Waals surface area contributed by atoms with E-state index in [1.165, 1.54) is 7.11 Å². The van der Waals surface area contributed by atoms with Gasteiger partial charge in [-0.2, -0.15) is 0 Å². The van der Waals surface area contributed by atoms with E-state index in [-0.39, 0.29) is 5.76 Å². The number of carbonyl (C=O) groups excluding carboxylic acids is 2. The molecule has 0 saturated carbocycles. The molecular weight excluding hydrogens is 220 g/mol. The van der Waals surface area contributed by atoms with Crippen molar-refractivity contribution in [2.45, 2.75) is 13.3 Å². The number of esters is 1. The van der Waals surface area contributed by atoms with Gasteiger partial charge in [0.25, 0.3) is 0 Å². The highest BCUT2D eigenvalue weighted by molar-refractivity contribution is 5.85. The van der Waals surface area contributed by atoms with E-state index in [0.29, 0.717) is 12.2 Å². The molecule has 1 aromatic carbocycles. The lowest BCUT2D eigenvalue weighted by molar-refractivity contribution is -0.138. The zero-order chi connectivity index (χ0) is 13.1. The monoisotopic (exact) mass is 236 g/mol. The SMILES string of the molecule is C=C(Oc1ccccc1)C(=O)OC.CCC=O. The van der Waals surface area contributed by atoms with Gasteiger partial charge >= 0.3 is 5.97 Å². The van der Waals surface area contributed by atoms with E-state index in [0.717, 1.165) is 6.29 Å². The molecule has 0 bridgehead atoms. The summed E-state index contributed by atoms with van der Waals surface area (Å²) in [6.45, 7) is 5.24. The van der Waals surface area contributed by atoms with Crippen molar-refractivity contribution in [2.75, 3.05) is 7.11 Å². The Balaban J connectivity index is 0.000000557. The Morgan fingerprint density at radius 3 is 2.29 bits per heavy atom. The summed E-state index contributed by atoms with van der Waals surface area (Å²) >= 11 is 0. The summed E-state index contributed by atoms with van der Waals surface area (Å²) in [6.07, 6.45) is 1.51. The van der Waals surface area contributed by atoms with Crippen LogP contribution in [0.5, 0.6) is 5.75 Å². The second-order valence-corrected chi connectivity index (χ2v) is 2.90. The molecule has 0 heterocycles. The lowest BCUT2D eigenvalue weighted by atomic mass is 10.3. The number of ether oxygens (including phenoxy) is 2. The lowest BCUT2D eigenvalue weighted by Crippen LogP contribution is -2.08. The van der Waals surface area contributed by atoms with Gasteiger partial charge in [0, 0.05) is 6.42 Å². The van der Waals surface area contributed by atoms with Gasteiger partial charge in [-0.3, -0.25) is 0 Å². The van der Waals surface area contributed by atoms with Gasteiger partial charge in [-0.15, -0.1) is 0 Å². The van der Waals surface area contributed by atoms with Crippen LogP contribution >= 0.6 is 0 Å². The number of hydrogen-bond donors (Lipinski definition) is 0. The number of rotatable bonds is 4. The molecule has 92 valence electrons. The minimum absolute atomic E-state index is 0.0197. The van der Waals surface area contributed by atoms with E-state index in [9.17, 15) is 9.59 Å². The van der Waals surface area contributed by atoms with Crippen molar-refractivity contribution in [3.8, 4) is 5.75 Å². The van der Waals surface area contributed by atoms with Crippen LogP contribution in [0.15, 0.2) is 42.7 Å². The van der Waals surface area contributed by atoms with Crippen LogP contribution < -0.4 is 4.74 Å². The summed E-state index contributed by atoms with van der Waals surface area (Å²) in [5.41, 5.74) is 0. The Morgan fingerprint density at radius 1 is 1.35 bits per heavy atom. The van der Waals surface area contributed by atoms with Crippen LogP contribution in [0.1, 0.15) is 13.3 Å². The molecule has 0 fully saturated rings. The van der Waals surface area contributed by atoms with Gasteiger partial charge in [-0.05, 0) is 18.7 Å². The van der Waals surface area contributed by atoms with E-state index in [1.54, 1.807) is 24.3 Å². The van der Waals surface area contributed by atoms with Crippen LogP contribution in [0.25, 0.3) is 0 Å². The lowest BCUT2D eigenvalue weighted by Gasteiger charge is -2.05. The zero-order valence-electron chi connectivity index (χ0n) is 10.0. The van der Waals surface area contributed by atoms with Crippen LogP contribution in [-0.4, -0.2) is 19.4 Å². The van der Waals surface area contributed by atoms with E-state index >= 15 is 0 Å². The minimum Gasteiger partial charge on any atom is -0.463 e. The Bertz CT molecular complexity index is 357. The van der Waals surface area contributed by atoms with Crippen LogP contribution in [0, 0.1) is 0 Å². The molecule has 4 heteroatoms. The van der Waals surface area contributed by atoms with Crippen molar-refractivity contribution in [3.05, 3.63) is 42.7 Å². The van der Waals surface area contributed by atoms with Crippen LogP contribution in [0.4, 0.5) is 0 Å². The number of benzene rings is 1. The highest BCUT2D eigenvalue weighted by atomic mass is 16.6. The van der Waals surface area contributed by atoms with Crippen molar-refractivity contribution >= 4 is 12.3 Å². The first-order chi connectivity index (χ1) is 8.15.